The van der Waals surface area contributed by atoms with Crippen LogP contribution in [0.15, 0.2) is 0 Å². The minimum absolute atomic E-state index is 1.10. The van der Waals surface area contributed by atoms with Crippen molar-refractivity contribution in [2.75, 3.05) is 0 Å². The van der Waals surface area contributed by atoms with Crippen molar-refractivity contribution in [3.63, 3.8) is 0 Å². The molecule has 0 atom stereocenters. The fourth-order valence-corrected chi connectivity index (χ4v) is 12.4. The number of rotatable bonds is 3. The number of hydrogen-bond donors (Lipinski definition) is 0. The molecule has 0 aromatic carbocycles. The van der Waals surface area contributed by atoms with Gasteiger partial charge in [0.1, 0.15) is 0 Å². The van der Waals surface area contributed by atoms with Gasteiger partial charge in [-0.25, -0.2) is 0 Å². The second-order valence-corrected chi connectivity index (χ2v) is 12.8. The Kier molecular flexibility index (Phi) is 9.31. The molecule has 3 aliphatic carbocycles. The third kappa shape index (κ3) is 4.72. The van der Waals surface area contributed by atoms with E-state index in [0.29, 0.717) is 0 Å². The third-order valence-corrected chi connectivity index (χ3v) is 13.4. The summed E-state index contributed by atoms with van der Waals surface area (Å²) in [5, 5.41) is 0. The Bertz CT molecular complexity index is 246. The van der Waals surface area contributed by atoms with E-state index < -0.39 is 7.26 Å². The van der Waals surface area contributed by atoms with Crippen LogP contribution in [0.2, 0.25) is 0 Å². The van der Waals surface area contributed by atoms with Crippen LogP contribution in [-0.2, 0) is 18.2 Å². The summed E-state index contributed by atoms with van der Waals surface area (Å²) in [6.45, 7) is 5.18. The first kappa shape index (κ1) is 19.7. The van der Waals surface area contributed by atoms with Crippen molar-refractivity contribution < 1.29 is 18.2 Å². The Morgan fingerprint density at radius 2 is 0.773 bits per heavy atom. The van der Waals surface area contributed by atoms with Crippen LogP contribution in [0, 0.1) is 6.66 Å². The van der Waals surface area contributed by atoms with Crippen molar-refractivity contribution >= 4 is 16.8 Å². The van der Waals surface area contributed by atoms with Crippen LogP contribution in [0.4, 0.5) is 0 Å². The normalized spacial score (nSPS) is 27.1. The topological polar surface area (TPSA) is 0 Å². The summed E-state index contributed by atoms with van der Waals surface area (Å²) in [6.07, 6.45) is 23.0. The molecule has 0 saturated heterocycles. The zero-order chi connectivity index (χ0) is 15.8. The number of halogens is 1. The van der Waals surface area contributed by atoms with E-state index in [1.807, 2.05) is 0 Å². The molecule has 0 unspecified atom stereocenters. The maximum absolute atomic E-state index is 5.18. The molecule has 0 nitrogen and oxygen atoms in total. The molecule has 0 heterocycles. The summed E-state index contributed by atoms with van der Waals surface area (Å²) >= 11 is 2.22. The molecule has 0 aromatic rings. The van der Waals surface area contributed by atoms with Crippen LogP contribution < -0.4 is 0 Å². The van der Waals surface area contributed by atoms with Gasteiger partial charge in [-0.1, -0.05) is 0 Å². The molecule has 3 aliphatic rings. The first-order valence-corrected chi connectivity index (χ1v) is 14.2. The summed E-state index contributed by atoms with van der Waals surface area (Å²) in [5.74, 6) is 0. The van der Waals surface area contributed by atoms with Crippen LogP contribution in [-0.4, -0.2) is 17.0 Å². The van der Waals surface area contributed by atoms with Gasteiger partial charge in [-0.2, -0.15) is 0 Å². The predicted molar refractivity (Wildman–Crippen MR) is 100 cm³/mol. The molecule has 22 heavy (non-hydrogen) atoms. The van der Waals surface area contributed by atoms with Crippen molar-refractivity contribution in [3.05, 3.63) is 6.66 Å². The first-order valence-electron chi connectivity index (χ1n) is 9.79. The van der Waals surface area contributed by atoms with Crippen LogP contribution in [0.3, 0.4) is 0 Å². The molecule has 0 aromatic heterocycles. The molecule has 0 aliphatic heterocycles. The third-order valence-electron chi connectivity index (χ3n) is 7.10. The molecule has 0 N–H and O–H groups in total. The molecule has 3 rings (SSSR count). The van der Waals surface area contributed by atoms with Gasteiger partial charge in [0.2, 0.25) is 0 Å². The zero-order valence-electron chi connectivity index (χ0n) is 14.2. The molecule has 1 radical (unpaired) electrons. The molecular formula is C19H36ClPPd. The molecule has 0 bridgehead atoms. The number of hydrogen-bond acceptors (Lipinski definition) is 0. The van der Waals surface area contributed by atoms with Gasteiger partial charge in [0.05, 0.1) is 0 Å². The molecule has 134 valence electrons. The molecule has 3 heteroatoms. The average molecular weight is 437 g/mol. The molecule has 3 saturated carbocycles. The average Bonchev–Trinajstić information content (AvgIpc) is 2.65. The van der Waals surface area contributed by atoms with Gasteiger partial charge in [-0.05, 0) is 0 Å². The van der Waals surface area contributed by atoms with Crippen LogP contribution >= 0.6 is 16.8 Å². The van der Waals surface area contributed by atoms with E-state index in [9.17, 15) is 0 Å². The van der Waals surface area contributed by atoms with E-state index in [1.165, 1.54) is 57.8 Å². The Hall–Kier alpha value is 1.38. The van der Waals surface area contributed by atoms with Crippen molar-refractivity contribution in [2.45, 2.75) is 113 Å². The molecule has 3 fully saturated rings. The van der Waals surface area contributed by atoms with Gasteiger partial charge in [-0.15, -0.1) is 0 Å². The van der Waals surface area contributed by atoms with E-state index in [0.717, 1.165) is 17.0 Å². The van der Waals surface area contributed by atoms with Crippen LogP contribution in [0.25, 0.3) is 0 Å². The van der Waals surface area contributed by atoms with Crippen molar-refractivity contribution in [1.82, 2.24) is 0 Å². The van der Waals surface area contributed by atoms with Crippen LogP contribution in [0.5, 0.6) is 0 Å². The van der Waals surface area contributed by atoms with E-state index >= 15 is 0 Å². The standard InChI is InChI=1S/C19H36P.ClH.Pd/c1-20(17-11-5-2-6-12-17,18-13-7-3-8-14-18)19-15-9-4-10-16-19;;/h17-20H,1-16H2;1H;/q;;+1/p-1. The van der Waals surface area contributed by atoms with E-state index in [1.54, 1.807) is 38.5 Å². The summed E-state index contributed by atoms with van der Waals surface area (Å²) < 4.78 is 0. The van der Waals surface area contributed by atoms with Gasteiger partial charge < -0.3 is 0 Å². The van der Waals surface area contributed by atoms with Gasteiger partial charge in [0.25, 0.3) is 0 Å². The monoisotopic (exact) mass is 436 g/mol. The fraction of sp³-hybridized carbons (Fsp3) is 0.947. The Morgan fingerprint density at radius 1 is 0.545 bits per heavy atom. The zero-order valence-corrected chi connectivity index (χ0v) is 17.6. The second-order valence-electron chi connectivity index (χ2n) is 8.12. The van der Waals surface area contributed by atoms with Crippen molar-refractivity contribution in [3.8, 4) is 0 Å². The summed E-state index contributed by atoms with van der Waals surface area (Å²) in [4.78, 5) is 0. The van der Waals surface area contributed by atoms with Gasteiger partial charge >= 0.3 is 155 Å². The Morgan fingerprint density at radius 3 is 1.00 bits per heavy atom. The van der Waals surface area contributed by atoms with Gasteiger partial charge in [0.15, 0.2) is 0 Å². The van der Waals surface area contributed by atoms with Gasteiger partial charge in [0, 0.05) is 0 Å². The van der Waals surface area contributed by atoms with E-state index in [-0.39, 0.29) is 0 Å². The van der Waals surface area contributed by atoms with Crippen molar-refractivity contribution in [1.29, 1.82) is 0 Å². The SMILES string of the molecule is [CH2][PH](C1CCCCC1)(C1CCCCC1)C1CCCCC1.[Cl][Pd]. The van der Waals surface area contributed by atoms with Crippen molar-refractivity contribution in [2.24, 2.45) is 0 Å². The summed E-state index contributed by atoms with van der Waals surface area (Å²) in [7, 11) is 3.19. The van der Waals surface area contributed by atoms with E-state index in [2.05, 4.69) is 27.7 Å². The first-order chi connectivity index (χ1) is 10.8. The van der Waals surface area contributed by atoms with Crippen LogP contribution in [0.1, 0.15) is 96.3 Å². The Labute approximate surface area is 154 Å². The molecular weight excluding hydrogens is 401 g/mol. The van der Waals surface area contributed by atoms with Gasteiger partial charge in [-0.3, -0.25) is 0 Å². The fourth-order valence-electron chi connectivity index (χ4n) is 5.92. The molecule has 0 spiro atoms. The summed E-state index contributed by atoms with van der Waals surface area (Å²) in [5.41, 5.74) is 3.30. The summed E-state index contributed by atoms with van der Waals surface area (Å²) in [6, 6.07) is 0. The second kappa shape index (κ2) is 10.4. The minimum atomic E-state index is -1.30. The Balaban J connectivity index is 0.000000847. The maximum atomic E-state index is 5.18. The van der Waals surface area contributed by atoms with E-state index in [4.69, 9.17) is 6.66 Å². The quantitative estimate of drug-likeness (QED) is 0.323. The predicted octanol–water partition coefficient (Wildman–Crippen LogP) is 7.21. The molecule has 0 amide bonds.